The summed E-state index contributed by atoms with van der Waals surface area (Å²) in [5, 5.41) is 3.38. The van der Waals surface area contributed by atoms with Gasteiger partial charge in [0.15, 0.2) is 0 Å². The molecule has 0 aliphatic carbocycles. The van der Waals surface area contributed by atoms with Crippen molar-refractivity contribution in [3.63, 3.8) is 0 Å². The van der Waals surface area contributed by atoms with E-state index < -0.39 is 0 Å². The Morgan fingerprint density at radius 3 is 2.71 bits per heavy atom. The molecule has 0 amide bonds. The highest BCUT2D eigenvalue weighted by atomic mass is 79.9. The molecule has 0 spiro atoms. The van der Waals surface area contributed by atoms with Crippen LogP contribution in [-0.4, -0.2) is 20.3 Å². The summed E-state index contributed by atoms with van der Waals surface area (Å²) in [5.74, 6) is 0. The first-order valence-corrected chi connectivity index (χ1v) is 6.76. The zero-order chi connectivity index (χ0) is 10.6. The van der Waals surface area contributed by atoms with Gasteiger partial charge < -0.3 is 10.1 Å². The third-order valence-corrected chi connectivity index (χ3v) is 4.23. The molecule has 0 aromatic carbocycles. The van der Waals surface area contributed by atoms with Crippen LogP contribution in [0.15, 0.2) is 13.6 Å². The maximum Gasteiger partial charge on any atom is 0.0759 e. The number of halogens is 2. The second-order valence-electron chi connectivity index (χ2n) is 2.85. The molecule has 1 heterocycles. The van der Waals surface area contributed by atoms with Gasteiger partial charge in [-0.2, -0.15) is 0 Å². The summed E-state index contributed by atoms with van der Waals surface area (Å²) in [6, 6.07) is 2.39. The van der Waals surface area contributed by atoms with Gasteiger partial charge in [-0.3, -0.25) is 0 Å². The van der Waals surface area contributed by atoms with Gasteiger partial charge in [0.05, 0.1) is 20.2 Å². The fourth-order valence-corrected chi connectivity index (χ4v) is 4.24. The minimum atomic E-state index is 0.266. The fraction of sp³-hybridized carbons (Fsp3) is 0.556. The van der Waals surface area contributed by atoms with Crippen LogP contribution in [0.4, 0.5) is 0 Å². The van der Waals surface area contributed by atoms with E-state index in [1.165, 1.54) is 5.56 Å². The highest BCUT2D eigenvalue weighted by molar-refractivity contribution is 9.12. The van der Waals surface area contributed by atoms with E-state index in [-0.39, 0.29) is 6.04 Å². The van der Waals surface area contributed by atoms with Crippen molar-refractivity contribution in [2.75, 3.05) is 20.3 Å². The van der Waals surface area contributed by atoms with E-state index >= 15 is 0 Å². The number of hydrogen-bond donors (Lipinski definition) is 1. The van der Waals surface area contributed by atoms with Crippen LogP contribution >= 0.6 is 43.2 Å². The van der Waals surface area contributed by atoms with Crippen LogP contribution in [-0.2, 0) is 4.74 Å². The summed E-state index contributed by atoms with van der Waals surface area (Å²) in [7, 11) is 1.72. The summed E-state index contributed by atoms with van der Waals surface area (Å²) in [6.07, 6.45) is 0. The van der Waals surface area contributed by atoms with E-state index in [4.69, 9.17) is 4.74 Å². The summed E-state index contributed by atoms with van der Waals surface area (Å²) < 4.78 is 7.48. The molecule has 0 fully saturated rings. The van der Waals surface area contributed by atoms with Crippen molar-refractivity contribution in [3.8, 4) is 0 Å². The number of nitrogens with one attached hydrogen (secondary N) is 1. The Hall–Kier alpha value is 0.580. The van der Waals surface area contributed by atoms with E-state index in [1.807, 2.05) is 0 Å². The van der Waals surface area contributed by atoms with E-state index in [0.717, 1.165) is 14.1 Å². The highest BCUT2D eigenvalue weighted by Crippen LogP contribution is 2.35. The van der Waals surface area contributed by atoms with Crippen LogP contribution in [0, 0.1) is 0 Å². The van der Waals surface area contributed by atoms with Crippen LogP contribution in [0.3, 0.4) is 0 Å². The molecule has 14 heavy (non-hydrogen) atoms. The number of rotatable bonds is 5. The molecule has 0 bridgehead atoms. The molecule has 80 valence electrons. The smallest absolute Gasteiger partial charge is 0.0759 e. The van der Waals surface area contributed by atoms with Gasteiger partial charge in [0, 0.05) is 7.11 Å². The predicted octanol–water partition coefficient (Wildman–Crippen LogP) is 3.57. The number of likely N-dealkylation sites (N-methyl/N-ethyl adjacent to an activating group) is 1. The Balaban J connectivity index is 2.80. The minimum Gasteiger partial charge on any atom is -0.383 e. The van der Waals surface area contributed by atoms with Crippen molar-refractivity contribution >= 4 is 43.2 Å². The number of thiophene rings is 1. The lowest BCUT2D eigenvalue weighted by molar-refractivity contribution is 0.167. The molecule has 5 heteroatoms. The number of methoxy groups -OCH3 is 1. The Bertz CT molecular complexity index is 284. The summed E-state index contributed by atoms with van der Waals surface area (Å²) in [5.41, 5.74) is 1.26. The second kappa shape index (κ2) is 6.23. The lowest BCUT2D eigenvalue weighted by Gasteiger charge is -2.16. The van der Waals surface area contributed by atoms with Crippen LogP contribution in [0.25, 0.3) is 0 Å². The number of ether oxygens (including phenoxy) is 1. The van der Waals surface area contributed by atoms with Gasteiger partial charge in [0.2, 0.25) is 0 Å². The average molecular weight is 343 g/mol. The van der Waals surface area contributed by atoms with Gasteiger partial charge in [-0.1, -0.05) is 6.92 Å². The Labute approximate surface area is 105 Å². The standard InChI is InChI=1S/C9H13Br2NOS/c1-3-12-7(5-13-2)6-4-8(10)14-9(6)11/h4,7,12H,3,5H2,1-2H3. The zero-order valence-corrected chi connectivity index (χ0v) is 12.1. The fourth-order valence-electron chi connectivity index (χ4n) is 1.26. The van der Waals surface area contributed by atoms with E-state index in [0.29, 0.717) is 6.61 Å². The molecule has 0 saturated heterocycles. The SMILES string of the molecule is CCNC(COC)c1cc(Br)sc1Br. The normalized spacial score (nSPS) is 13.1. The van der Waals surface area contributed by atoms with Gasteiger partial charge in [0.25, 0.3) is 0 Å². The average Bonchev–Trinajstić information content (AvgIpc) is 2.45. The van der Waals surface area contributed by atoms with Crippen molar-refractivity contribution in [1.29, 1.82) is 0 Å². The van der Waals surface area contributed by atoms with Gasteiger partial charge in [-0.25, -0.2) is 0 Å². The first-order valence-electron chi connectivity index (χ1n) is 4.36. The molecule has 1 atom stereocenters. The molecule has 0 aliphatic heterocycles. The molecule has 1 aromatic heterocycles. The molecule has 0 radical (unpaired) electrons. The quantitative estimate of drug-likeness (QED) is 0.883. The summed E-state index contributed by atoms with van der Waals surface area (Å²) in [4.78, 5) is 0. The van der Waals surface area contributed by atoms with Gasteiger partial charge >= 0.3 is 0 Å². The van der Waals surface area contributed by atoms with Crippen molar-refractivity contribution in [2.24, 2.45) is 0 Å². The molecule has 1 unspecified atom stereocenters. The van der Waals surface area contributed by atoms with Crippen molar-refractivity contribution < 1.29 is 4.74 Å². The number of hydrogen-bond acceptors (Lipinski definition) is 3. The lowest BCUT2D eigenvalue weighted by Crippen LogP contribution is -2.24. The van der Waals surface area contributed by atoms with Crippen LogP contribution in [0.1, 0.15) is 18.5 Å². The Morgan fingerprint density at radius 2 is 2.29 bits per heavy atom. The molecule has 0 saturated carbocycles. The molecular formula is C9H13Br2NOS. The van der Waals surface area contributed by atoms with E-state index in [1.54, 1.807) is 18.4 Å². The first kappa shape index (κ1) is 12.6. The van der Waals surface area contributed by atoms with Crippen molar-refractivity contribution in [3.05, 3.63) is 19.2 Å². The zero-order valence-electron chi connectivity index (χ0n) is 8.14. The second-order valence-corrected chi connectivity index (χ2v) is 6.59. The third kappa shape index (κ3) is 3.31. The highest BCUT2D eigenvalue weighted by Gasteiger charge is 2.15. The summed E-state index contributed by atoms with van der Waals surface area (Å²) in [6.45, 7) is 3.72. The van der Waals surface area contributed by atoms with Crippen molar-refractivity contribution in [1.82, 2.24) is 5.32 Å². The lowest BCUT2D eigenvalue weighted by atomic mass is 10.1. The molecule has 1 aromatic rings. The van der Waals surface area contributed by atoms with E-state index in [9.17, 15) is 0 Å². The van der Waals surface area contributed by atoms with Gasteiger partial charge in [-0.15, -0.1) is 11.3 Å². The summed E-state index contributed by atoms with van der Waals surface area (Å²) >= 11 is 8.71. The van der Waals surface area contributed by atoms with Crippen molar-refractivity contribution in [2.45, 2.75) is 13.0 Å². The topological polar surface area (TPSA) is 21.3 Å². The first-order chi connectivity index (χ1) is 6.69. The van der Waals surface area contributed by atoms with Crippen LogP contribution in [0.5, 0.6) is 0 Å². The van der Waals surface area contributed by atoms with Crippen LogP contribution < -0.4 is 5.32 Å². The maximum atomic E-state index is 5.18. The molecular weight excluding hydrogens is 330 g/mol. The van der Waals surface area contributed by atoms with E-state index in [2.05, 4.69) is 50.2 Å². The van der Waals surface area contributed by atoms with Crippen LogP contribution in [0.2, 0.25) is 0 Å². The maximum absolute atomic E-state index is 5.18. The van der Waals surface area contributed by atoms with Gasteiger partial charge in [0.1, 0.15) is 0 Å². The largest absolute Gasteiger partial charge is 0.383 e. The molecule has 2 nitrogen and oxygen atoms in total. The molecule has 0 aliphatic rings. The monoisotopic (exact) mass is 341 g/mol. The molecule has 1 rings (SSSR count). The van der Waals surface area contributed by atoms with Gasteiger partial charge in [-0.05, 0) is 50.0 Å². The third-order valence-electron chi connectivity index (χ3n) is 1.84. The molecule has 1 N–H and O–H groups in total. The predicted molar refractivity (Wildman–Crippen MR) is 68.0 cm³/mol. The minimum absolute atomic E-state index is 0.266. The Morgan fingerprint density at radius 1 is 1.57 bits per heavy atom. The Kier molecular flexibility index (Phi) is 5.62.